The monoisotopic (exact) mass is 474 g/mol. The second-order valence-corrected chi connectivity index (χ2v) is 9.90. The van der Waals surface area contributed by atoms with Gasteiger partial charge in [0.25, 0.3) is 0 Å². The smallest absolute Gasteiger partial charge is 0.131 e. The predicted molar refractivity (Wildman–Crippen MR) is 143 cm³/mol. The summed E-state index contributed by atoms with van der Waals surface area (Å²) in [5, 5.41) is 0. The Morgan fingerprint density at radius 2 is 1.46 bits per heavy atom. The third-order valence-electron chi connectivity index (χ3n) is 7.47. The van der Waals surface area contributed by atoms with E-state index in [2.05, 4.69) is 31.2 Å². The molecule has 3 aromatic rings. The minimum Gasteiger partial charge on any atom is -0.491 e. The van der Waals surface area contributed by atoms with Crippen LogP contribution in [0, 0.1) is 11.7 Å². The fourth-order valence-electron chi connectivity index (χ4n) is 5.32. The highest BCUT2D eigenvalue weighted by molar-refractivity contribution is 5.71. The van der Waals surface area contributed by atoms with Crippen LogP contribution in [0.3, 0.4) is 0 Å². The first-order valence-electron chi connectivity index (χ1n) is 13.3. The van der Waals surface area contributed by atoms with E-state index in [9.17, 15) is 0 Å². The quantitative estimate of drug-likeness (QED) is 0.258. The van der Waals surface area contributed by atoms with Crippen LogP contribution < -0.4 is 4.74 Å². The Kier molecular flexibility index (Phi) is 9.36. The number of hydrogen-bond donors (Lipinski definition) is 0. The molecule has 0 amide bonds. The van der Waals surface area contributed by atoms with Gasteiger partial charge in [-0.2, -0.15) is 0 Å². The number of ether oxygens (including phenoxy) is 2. The summed E-state index contributed by atoms with van der Waals surface area (Å²) in [6.07, 6.45) is 10.8. The van der Waals surface area contributed by atoms with E-state index >= 15 is 4.39 Å². The molecule has 1 aliphatic carbocycles. The summed E-state index contributed by atoms with van der Waals surface area (Å²) in [6, 6.07) is 21.9. The van der Waals surface area contributed by atoms with Crippen molar-refractivity contribution in [3.8, 4) is 28.0 Å². The third kappa shape index (κ3) is 6.95. The fourth-order valence-corrected chi connectivity index (χ4v) is 5.32. The molecule has 1 fully saturated rings. The highest BCUT2D eigenvalue weighted by atomic mass is 19.1. The van der Waals surface area contributed by atoms with Gasteiger partial charge in [0.05, 0.1) is 6.61 Å². The Hall–Kier alpha value is -2.65. The van der Waals surface area contributed by atoms with Crippen molar-refractivity contribution in [2.45, 2.75) is 64.2 Å². The lowest BCUT2D eigenvalue weighted by atomic mass is 9.77. The number of hydrogen-bond acceptors (Lipinski definition) is 2. The number of rotatable bonds is 11. The van der Waals surface area contributed by atoms with Crippen molar-refractivity contribution in [1.82, 2.24) is 0 Å². The van der Waals surface area contributed by atoms with Crippen molar-refractivity contribution < 1.29 is 13.9 Å². The van der Waals surface area contributed by atoms with Crippen LogP contribution in [-0.4, -0.2) is 20.3 Å². The molecule has 0 heterocycles. The molecule has 0 aromatic heterocycles. The van der Waals surface area contributed by atoms with Crippen LogP contribution in [0.1, 0.15) is 69.8 Å². The lowest BCUT2D eigenvalue weighted by Crippen LogP contribution is -2.13. The number of unbranched alkanes of at least 4 members (excludes halogenated alkanes) is 2. The average Bonchev–Trinajstić information content (AvgIpc) is 2.90. The second kappa shape index (κ2) is 12.9. The van der Waals surface area contributed by atoms with Crippen molar-refractivity contribution in [3.63, 3.8) is 0 Å². The zero-order valence-corrected chi connectivity index (χ0v) is 21.3. The molecule has 2 nitrogen and oxygen atoms in total. The summed E-state index contributed by atoms with van der Waals surface area (Å²) >= 11 is 0. The van der Waals surface area contributed by atoms with Gasteiger partial charge in [-0.15, -0.1) is 0 Å². The molecule has 3 aromatic carbocycles. The van der Waals surface area contributed by atoms with Gasteiger partial charge in [0.15, 0.2) is 0 Å². The van der Waals surface area contributed by atoms with Crippen LogP contribution >= 0.6 is 0 Å². The van der Waals surface area contributed by atoms with Gasteiger partial charge in [-0.3, -0.25) is 0 Å². The molecular formula is C32H39FO2. The minimum atomic E-state index is -0.207. The molecular weight excluding hydrogens is 435 g/mol. The minimum absolute atomic E-state index is 0.207. The SMILES string of the molecule is CCCCCC1CCC(c2ccc(-c3ccc(-c4ccc(OCCOC)cc4)c(F)c3)cc2)CC1. The first kappa shape index (κ1) is 25.4. The van der Waals surface area contributed by atoms with Gasteiger partial charge in [0.1, 0.15) is 18.2 Å². The van der Waals surface area contributed by atoms with Crippen molar-refractivity contribution in [2.24, 2.45) is 5.92 Å². The molecule has 0 N–H and O–H groups in total. The lowest BCUT2D eigenvalue weighted by Gasteiger charge is -2.29. The highest BCUT2D eigenvalue weighted by Crippen LogP contribution is 2.38. The molecule has 186 valence electrons. The summed E-state index contributed by atoms with van der Waals surface area (Å²) < 4.78 is 25.6. The van der Waals surface area contributed by atoms with Crippen LogP contribution in [0.15, 0.2) is 66.7 Å². The zero-order valence-electron chi connectivity index (χ0n) is 21.3. The van der Waals surface area contributed by atoms with Gasteiger partial charge in [0, 0.05) is 12.7 Å². The molecule has 0 spiro atoms. The first-order chi connectivity index (χ1) is 17.2. The first-order valence-corrected chi connectivity index (χ1v) is 13.3. The van der Waals surface area contributed by atoms with Crippen molar-refractivity contribution in [1.29, 1.82) is 0 Å². The van der Waals surface area contributed by atoms with Gasteiger partial charge < -0.3 is 9.47 Å². The van der Waals surface area contributed by atoms with E-state index in [1.807, 2.05) is 36.4 Å². The predicted octanol–water partition coefficient (Wildman–Crippen LogP) is 9.04. The maximum atomic E-state index is 15.0. The van der Waals surface area contributed by atoms with Gasteiger partial charge in [-0.1, -0.05) is 81.1 Å². The lowest BCUT2D eigenvalue weighted by molar-refractivity contribution is 0.146. The maximum absolute atomic E-state index is 15.0. The fraction of sp³-hybridized carbons (Fsp3) is 0.438. The molecule has 0 atom stereocenters. The number of benzene rings is 3. The Bertz CT molecular complexity index is 1030. The van der Waals surface area contributed by atoms with Gasteiger partial charge in [0.2, 0.25) is 0 Å². The zero-order chi connectivity index (χ0) is 24.5. The summed E-state index contributed by atoms with van der Waals surface area (Å²) in [5.41, 5.74) is 4.86. The maximum Gasteiger partial charge on any atom is 0.131 e. The molecule has 0 unspecified atom stereocenters. The molecule has 4 rings (SSSR count). The topological polar surface area (TPSA) is 18.5 Å². The van der Waals surface area contributed by atoms with E-state index in [0.717, 1.165) is 28.4 Å². The van der Waals surface area contributed by atoms with Gasteiger partial charge in [-0.05, 0) is 78.0 Å². The van der Waals surface area contributed by atoms with Gasteiger partial charge >= 0.3 is 0 Å². The van der Waals surface area contributed by atoms with E-state index in [-0.39, 0.29) is 5.82 Å². The van der Waals surface area contributed by atoms with Gasteiger partial charge in [-0.25, -0.2) is 4.39 Å². The molecule has 3 heteroatoms. The van der Waals surface area contributed by atoms with Crippen molar-refractivity contribution >= 4 is 0 Å². The summed E-state index contributed by atoms with van der Waals surface area (Å²) in [6.45, 7) is 3.32. The molecule has 1 saturated carbocycles. The summed E-state index contributed by atoms with van der Waals surface area (Å²) in [4.78, 5) is 0. The Morgan fingerprint density at radius 1 is 0.771 bits per heavy atom. The molecule has 0 saturated heterocycles. The highest BCUT2D eigenvalue weighted by Gasteiger charge is 2.22. The van der Waals surface area contributed by atoms with Crippen molar-refractivity contribution in [2.75, 3.05) is 20.3 Å². The van der Waals surface area contributed by atoms with E-state index < -0.39 is 0 Å². The van der Waals surface area contributed by atoms with Crippen LogP contribution in [-0.2, 0) is 4.74 Å². The molecule has 0 radical (unpaired) electrons. The van der Waals surface area contributed by atoms with E-state index in [1.54, 1.807) is 13.2 Å². The summed E-state index contributed by atoms with van der Waals surface area (Å²) in [7, 11) is 1.65. The number of methoxy groups -OCH3 is 1. The normalized spacial score (nSPS) is 17.9. The van der Waals surface area contributed by atoms with Crippen LogP contribution in [0.25, 0.3) is 22.3 Å². The Balaban J connectivity index is 1.36. The molecule has 1 aliphatic rings. The largest absolute Gasteiger partial charge is 0.491 e. The van der Waals surface area contributed by atoms with Crippen molar-refractivity contribution in [3.05, 3.63) is 78.1 Å². The standard InChI is InChI=1S/C32H39FO2/c1-3-4-5-6-24-7-9-25(10-8-24)26-11-13-27(14-12-26)29-17-20-31(32(33)23-29)28-15-18-30(19-16-28)35-22-21-34-2/h11-20,23-25H,3-10,21-22H2,1-2H3. The Morgan fingerprint density at radius 3 is 2.11 bits per heavy atom. The van der Waals surface area contributed by atoms with E-state index in [1.165, 1.54) is 56.9 Å². The van der Waals surface area contributed by atoms with Crippen LogP contribution in [0.4, 0.5) is 4.39 Å². The Labute approximate surface area is 210 Å². The third-order valence-corrected chi connectivity index (χ3v) is 7.47. The summed E-state index contributed by atoms with van der Waals surface area (Å²) in [5.74, 6) is 2.15. The average molecular weight is 475 g/mol. The number of halogens is 1. The second-order valence-electron chi connectivity index (χ2n) is 9.90. The molecule has 0 bridgehead atoms. The molecule has 35 heavy (non-hydrogen) atoms. The van der Waals surface area contributed by atoms with E-state index in [4.69, 9.17) is 9.47 Å². The van der Waals surface area contributed by atoms with Crippen LogP contribution in [0.2, 0.25) is 0 Å². The van der Waals surface area contributed by atoms with Crippen LogP contribution in [0.5, 0.6) is 5.75 Å². The molecule has 0 aliphatic heterocycles. The van der Waals surface area contributed by atoms with E-state index in [0.29, 0.717) is 24.7 Å².